The minimum absolute atomic E-state index is 0.0342. The minimum Gasteiger partial charge on any atom is -0.493 e. The summed E-state index contributed by atoms with van der Waals surface area (Å²) in [6.07, 6.45) is 22.0. The first-order chi connectivity index (χ1) is 19.2. The van der Waals surface area contributed by atoms with Crippen molar-refractivity contribution in [3.63, 3.8) is 0 Å². The molecule has 0 unspecified atom stereocenters. The Morgan fingerprint density at radius 2 is 1.41 bits per heavy atom. The monoisotopic (exact) mass is 541 g/mol. The maximum atomic E-state index is 12.2. The number of nitrogens with one attached hydrogen (secondary N) is 1. The van der Waals surface area contributed by atoms with E-state index in [-0.39, 0.29) is 12.5 Å². The van der Waals surface area contributed by atoms with Crippen LogP contribution in [-0.4, -0.2) is 32.8 Å². The van der Waals surface area contributed by atoms with Crippen LogP contribution in [0.2, 0.25) is 0 Å². The highest BCUT2D eigenvalue weighted by Crippen LogP contribution is 2.31. The molecule has 1 amide bonds. The van der Waals surface area contributed by atoms with Gasteiger partial charge in [-0.2, -0.15) is 0 Å². The summed E-state index contributed by atoms with van der Waals surface area (Å²) < 4.78 is 19.3. The molecular formula is C33H53N2O4+. The molecule has 6 heteroatoms. The highest BCUT2D eigenvalue weighted by atomic mass is 16.5. The predicted octanol–water partition coefficient (Wildman–Crippen LogP) is 7.21. The Hall–Kier alpha value is -2.76. The molecule has 218 valence electrons. The summed E-state index contributed by atoms with van der Waals surface area (Å²) in [5.41, 5.74) is 1.20. The Morgan fingerprint density at radius 1 is 0.769 bits per heavy atom. The number of carbonyl (C=O) groups is 1. The maximum absolute atomic E-state index is 12.2. The lowest BCUT2D eigenvalue weighted by Gasteiger charge is -2.13. The number of ether oxygens (including phenoxy) is 3. The molecular weight excluding hydrogens is 488 g/mol. The van der Waals surface area contributed by atoms with Crippen molar-refractivity contribution in [1.29, 1.82) is 0 Å². The van der Waals surface area contributed by atoms with E-state index in [1.54, 1.807) is 13.2 Å². The topological polar surface area (TPSA) is 60.7 Å². The second-order valence-corrected chi connectivity index (χ2v) is 10.4. The number of nitrogens with zero attached hydrogens (tertiary/aromatic N) is 1. The van der Waals surface area contributed by atoms with Gasteiger partial charge >= 0.3 is 0 Å². The fourth-order valence-electron chi connectivity index (χ4n) is 4.59. The van der Waals surface area contributed by atoms with Gasteiger partial charge in [0.2, 0.25) is 0 Å². The van der Waals surface area contributed by atoms with Crippen LogP contribution < -0.4 is 24.1 Å². The number of amides is 1. The number of hydrogen-bond acceptors (Lipinski definition) is 4. The number of carbonyl (C=O) groups excluding carboxylic acids is 1. The zero-order valence-corrected chi connectivity index (χ0v) is 24.8. The van der Waals surface area contributed by atoms with Gasteiger partial charge < -0.3 is 19.5 Å². The van der Waals surface area contributed by atoms with Crippen molar-refractivity contribution >= 4 is 5.91 Å². The predicted molar refractivity (Wildman–Crippen MR) is 159 cm³/mol. The highest BCUT2D eigenvalue weighted by Gasteiger charge is 2.09. The van der Waals surface area contributed by atoms with E-state index in [9.17, 15) is 4.79 Å². The van der Waals surface area contributed by atoms with Crippen LogP contribution >= 0.6 is 0 Å². The number of pyridine rings is 1. The van der Waals surface area contributed by atoms with Crippen LogP contribution in [-0.2, 0) is 17.8 Å². The molecule has 0 saturated carbocycles. The summed E-state index contributed by atoms with van der Waals surface area (Å²) in [4.78, 5) is 12.2. The first-order valence-corrected chi connectivity index (χ1v) is 15.3. The summed E-state index contributed by atoms with van der Waals surface area (Å²) >= 11 is 0. The van der Waals surface area contributed by atoms with Crippen LogP contribution in [0.1, 0.15) is 103 Å². The SMILES string of the molecule is CCCCCCCCCCCCCCOc1ccc(OCC(=O)NCCc2cc[n+](CCC)cc2)cc1OC. The number of rotatable bonds is 23. The summed E-state index contributed by atoms with van der Waals surface area (Å²) in [5.74, 6) is 1.78. The van der Waals surface area contributed by atoms with Crippen LogP contribution in [0.25, 0.3) is 0 Å². The molecule has 0 fully saturated rings. The third-order valence-corrected chi connectivity index (χ3v) is 6.94. The molecule has 1 N–H and O–H groups in total. The molecule has 0 bridgehead atoms. The van der Waals surface area contributed by atoms with Gasteiger partial charge in [-0.1, -0.05) is 84.5 Å². The summed E-state index contributed by atoms with van der Waals surface area (Å²) in [6, 6.07) is 9.66. The molecule has 0 aliphatic carbocycles. The standard InChI is InChI=1S/C33H52N2O4/c1-4-6-7-8-9-10-11-12-13-14-15-16-26-38-31-18-17-30(27-32(31)37-3)39-28-33(36)34-22-19-29-20-24-35(23-5-2)25-21-29/h17-18,20-21,24-25,27H,4-16,19,22-23,26,28H2,1-3H3/p+1. The van der Waals surface area contributed by atoms with Crippen LogP contribution in [0.4, 0.5) is 0 Å². The van der Waals surface area contributed by atoms with Crippen molar-refractivity contribution in [3.8, 4) is 17.2 Å². The van der Waals surface area contributed by atoms with Crippen LogP contribution in [0, 0.1) is 0 Å². The number of methoxy groups -OCH3 is 1. The lowest BCUT2D eigenvalue weighted by atomic mass is 10.1. The second kappa shape index (κ2) is 21.1. The van der Waals surface area contributed by atoms with E-state index < -0.39 is 0 Å². The minimum atomic E-state index is -0.141. The van der Waals surface area contributed by atoms with Crippen molar-refractivity contribution in [2.45, 2.75) is 110 Å². The molecule has 1 aromatic heterocycles. The average Bonchev–Trinajstić information content (AvgIpc) is 2.95. The molecule has 0 atom stereocenters. The Morgan fingerprint density at radius 3 is 2.03 bits per heavy atom. The molecule has 0 radical (unpaired) electrons. The molecule has 1 aromatic carbocycles. The Kier molecular flexibility index (Phi) is 17.6. The fourth-order valence-corrected chi connectivity index (χ4v) is 4.59. The van der Waals surface area contributed by atoms with Crippen molar-refractivity contribution in [2.24, 2.45) is 0 Å². The molecule has 1 heterocycles. The molecule has 2 aromatic rings. The van der Waals surface area contributed by atoms with Gasteiger partial charge in [-0.05, 0) is 30.5 Å². The van der Waals surface area contributed by atoms with Crippen molar-refractivity contribution in [1.82, 2.24) is 5.32 Å². The van der Waals surface area contributed by atoms with Gasteiger partial charge in [0, 0.05) is 31.2 Å². The average molecular weight is 542 g/mol. The van der Waals surface area contributed by atoms with Gasteiger partial charge in [0.05, 0.1) is 13.7 Å². The van der Waals surface area contributed by atoms with E-state index in [4.69, 9.17) is 14.2 Å². The smallest absolute Gasteiger partial charge is 0.257 e. The summed E-state index contributed by atoms with van der Waals surface area (Å²) in [5, 5.41) is 2.92. The molecule has 0 aliphatic rings. The second-order valence-electron chi connectivity index (χ2n) is 10.4. The molecule has 39 heavy (non-hydrogen) atoms. The maximum Gasteiger partial charge on any atom is 0.257 e. The Balaban J connectivity index is 1.56. The van der Waals surface area contributed by atoms with Gasteiger partial charge in [-0.25, -0.2) is 4.57 Å². The molecule has 0 spiro atoms. The van der Waals surface area contributed by atoms with E-state index in [0.717, 1.165) is 25.8 Å². The number of benzene rings is 1. The van der Waals surface area contributed by atoms with Gasteiger partial charge in [-0.15, -0.1) is 0 Å². The normalized spacial score (nSPS) is 10.8. The van der Waals surface area contributed by atoms with E-state index in [1.165, 1.54) is 76.2 Å². The van der Waals surface area contributed by atoms with Gasteiger partial charge in [0.15, 0.2) is 30.5 Å². The number of unbranched alkanes of at least 4 members (excludes halogenated alkanes) is 11. The first kappa shape index (κ1) is 32.5. The largest absolute Gasteiger partial charge is 0.493 e. The summed E-state index contributed by atoms with van der Waals surface area (Å²) in [6.45, 7) is 6.68. The van der Waals surface area contributed by atoms with E-state index >= 15 is 0 Å². The van der Waals surface area contributed by atoms with Crippen molar-refractivity contribution in [2.75, 3.05) is 26.9 Å². The van der Waals surface area contributed by atoms with E-state index in [0.29, 0.717) is 30.4 Å². The van der Waals surface area contributed by atoms with Crippen molar-refractivity contribution < 1.29 is 23.6 Å². The highest BCUT2D eigenvalue weighted by molar-refractivity contribution is 5.77. The van der Waals surface area contributed by atoms with Gasteiger partial charge in [-0.3, -0.25) is 4.79 Å². The van der Waals surface area contributed by atoms with Crippen molar-refractivity contribution in [3.05, 3.63) is 48.3 Å². The van der Waals surface area contributed by atoms with Gasteiger partial charge in [0.25, 0.3) is 5.91 Å². The number of aromatic nitrogens is 1. The Bertz CT molecular complexity index is 901. The van der Waals surface area contributed by atoms with Crippen LogP contribution in [0.3, 0.4) is 0 Å². The molecule has 6 nitrogen and oxygen atoms in total. The molecule has 0 aliphatic heterocycles. The Labute approximate surface area is 237 Å². The van der Waals surface area contributed by atoms with Crippen LogP contribution in [0.5, 0.6) is 17.2 Å². The quantitative estimate of drug-likeness (QED) is 0.119. The van der Waals surface area contributed by atoms with Crippen LogP contribution in [0.15, 0.2) is 42.7 Å². The van der Waals surface area contributed by atoms with Gasteiger partial charge in [0.1, 0.15) is 12.3 Å². The van der Waals surface area contributed by atoms with E-state index in [1.807, 2.05) is 12.1 Å². The first-order valence-electron chi connectivity index (χ1n) is 15.3. The zero-order chi connectivity index (χ0) is 28.0. The third-order valence-electron chi connectivity index (χ3n) is 6.94. The summed E-state index contributed by atoms with van der Waals surface area (Å²) in [7, 11) is 1.62. The molecule has 0 saturated heterocycles. The fraction of sp³-hybridized carbons (Fsp3) is 0.636. The molecule has 2 rings (SSSR count). The zero-order valence-electron chi connectivity index (χ0n) is 24.8. The lowest BCUT2D eigenvalue weighted by molar-refractivity contribution is -0.697. The van der Waals surface area contributed by atoms with E-state index in [2.05, 4.69) is 48.3 Å². The third kappa shape index (κ3) is 14.8. The lowest BCUT2D eigenvalue weighted by Crippen LogP contribution is -2.33. The number of aryl methyl sites for hydroxylation is 1. The number of hydrogen-bond donors (Lipinski definition) is 1.